The summed E-state index contributed by atoms with van der Waals surface area (Å²) in [6, 6.07) is 13.8. The Morgan fingerprint density at radius 2 is 1.72 bits per heavy atom. The average molecular weight is 377 g/mol. The highest BCUT2D eigenvalue weighted by atomic mass is 35.5. The molecule has 1 aliphatic rings. The van der Waals surface area contributed by atoms with Crippen LogP contribution in [0.4, 0.5) is 0 Å². The number of thiophene rings is 1. The second-order valence-electron chi connectivity index (χ2n) is 6.40. The molecule has 0 bridgehead atoms. The van der Waals surface area contributed by atoms with E-state index in [9.17, 15) is 9.90 Å². The Labute approximate surface area is 157 Å². The minimum absolute atomic E-state index is 0. The summed E-state index contributed by atoms with van der Waals surface area (Å²) in [5, 5.41) is 12.3. The minimum Gasteiger partial charge on any atom is -0.480 e. The first-order valence-corrected chi connectivity index (χ1v) is 9.02. The van der Waals surface area contributed by atoms with Gasteiger partial charge < -0.3 is 10.0 Å². The van der Waals surface area contributed by atoms with Gasteiger partial charge in [0.25, 0.3) is 0 Å². The zero-order chi connectivity index (χ0) is 16.7. The second kappa shape index (κ2) is 7.30. The fraction of sp³-hybridized carbons (Fsp3) is 0.316. The van der Waals surface area contributed by atoms with Crippen molar-refractivity contribution in [2.24, 2.45) is 0 Å². The van der Waals surface area contributed by atoms with Gasteiger partial charge >= 0.3 is 5.97 Å². The molecule has 3 aromatic rings. The Balaban J connectivity index is 0.00000182. The number of hydrogen-bond acceptors (Lipinski definition) is 4. The van der Waals surface area contributed by atoms with E-state index in [1.807, 2.05) is 24.3 Å². The molecule has 0 aliphatic carbocycles. The number of benzene rings is 2. The predicted octanol–water partition coefficient (Wildman–Crippen LogP) is 3.85. The topological polar surface area (TPSA) is 43.8 Å². The molecule has 1 fully saturated rings. The van der Waals surface area contributed by atoms with Crippen molar-refractivity contribution in [3.8, 4) is 0 Å². The maximum Gasteiger partial charge on any atom is 0.325 e. The van der Waals surface area contributed by atoms with Gasteiger partial charge in [-0.25, -0.2) is 0 Å². The van der Waals surface area contributed by atoms with Crippen molar-refractivity contribution in [1.29, 1.82) is 0 Å². The van der Waals surface area contributed by atoms with Crippen molar-refractivity contribution in [2.75, 3.05) is 33.2 Å². The molecule has 0 amide bonds. The molecular formula is C19H21ClN2O2S. The van der Waals surface area contributed by atoms with Gasteiger partial charge in [0, 0.05) is 46.4 Å². The number of aliphatic carboxylic acids is 1. The Hall–Kier alpha value is -1.66. The zero-order valence-electron chi connectivity index (χ0n) is 14.0. The highest BCUT2D eigenvalue weighted by Gasteiger charge is 2.31. The zero-order valence-corrected chi connectivity index (χ0v) is 15.6. The van der Waals surface area contributed by atoms with Gasteiger partial charge in [0.1, 0.15) is 6.04 Å². The van der Waals surface area contributed by atoms with E-state index >= 15 is 0 Å². The van der Waals surface area contributed by atoms with Crippen LogP contribution in [0.5, 0.6) is 0 Å². The van der Waals surface area contributed by atoms with Crippen LogP contribution in [0.1, 0.15) is 11.6 Å². The fourth-order valence-electron chi connectivity index (χ4n) is 3.55. The van der Waals surface area contributed by atoms with Gasteiger partial charge in [0.2, 0.25) is 0 Å². The quantitative estimate of drug-likeness (QED) is 0.754. The van der Waals surface area contributed by atoms with Crippen LogP contribution in [0.3, 0.4) is 0 Å². The molecule has 0 radical (unpaired) electrons. The van der Waals surface area contributed by atoms with E-state index in [4.69, 9.17) is 0 Å². The number of nitrogens with zero attached hydrogens (tertiary/aromatic N) is 2. The van der Waals surface area contributed by atoms with Crippen molar-refractivity contribution >= 4 is 49.9 Å². The summed E-state index contributed by atoms with van der Waals surface area (Å²) in [5.41, 5.74) is 0.922. The normalized spacial score (nSPS) is 17.5. The van der Waals surface area contributed by atoms with Crippen LogP contribution in [-0.2, 0) is 4.79 Å². The summed E-state index contributed by atoms with van der Waals surface area (Å²) in [5.74, 6) is -0.760. The number of carboxylic acid groups (broad SMARTS) is 1. The van der Waals surface area contributed by atoms with Crippen LogP contribution in [0.15, 0.2) is 42.5 Å². The van der Waals surface area contributed by atoms with Gasteiger partial charge in [-0.3, -0.25) is 9.69 Å². The Morgan fingerprint density at radius 1 is 1.04 bits per heavy atom. The number of piperazine rings is 1. The lowest BCUT2D eigenvalue weighted by molar-refractivity contribution is -0.144. The van der Waals surface area contributed by atoms with E-state index < -0.39 is 12.0 Å². The molecule has 1 unspecified atom stereocenters. The third kappa shape index (κ3) is 3.25. The Morgan fingerprint density at radius 3 is 2.44 bits per heavy atom. The van der Waals surface area contributed by atoms with Crippen LogP contribution < -0.4 is 0 Å². The molecule has 6 heteroatoms. The number of fused-ring (bicyclic) bond motifs is 3. The van der Waals surface area contributed by atoms with Gasteiger partial charge in [-0.2, -0.15) is 0 Å². The smallest absolute Gasteiger partial charge is 0.325 e. The van der Waals surface area contributed by atoms with Crippen molar-refractivity contribution in [3.05, 3.63) is 48.0 Å². The number of hydrogen-bond donors (Lipinski definition) is 1. The summed E-state index contributed by atoms with van der Waals surface area (Å²) < 4.78 is 2.31. The first-order valence-electron chi connectivity index (χ1n) is 8.21. The molecule has 2 heterocycles. The third-order valence-electron chi connectivity index (χ3n) is 4.87. The van der Waals surface area contributed by atoms with E-state index in [1.165, 1.54) is 10.1 Å². The monoisotopic (exact) mass is 376 g/mol. The third-order valence-corrected chi connectivity index (χ3v) is 6.10. The van der Waals surface area contributed by atoms with E-state index in [-0.39, 0.29) is 12.4 Å². The fourth-order valence-corrected chi connectivity index (χ4v) is 4.79. The number of rotatable bonds is 3. The largest absolute Gasteiger partial charge is 0.480 e. The van der Waals surface area contributed by atoms with Crippen LogP contribution in [-0.4, -0.2) is 54.1 Å². The number of likely N-dealkylation sites (N-methyl/N-ethyl adjacent to an activating group) is 1. The Kier molecular flexibility index (Phi) is 5.29. The first kappa shape index (κ1) is 18.1. The molecule has 1 aliphatic heterocycles. The van der Waals surface area contributed by atoms with Crippen LogP contribution in [0.25, 0.3) is 20.2 Å². The number of halogens is 1. The number of carbonyl (C=O) groups is 1. The van der Waals surface area contributed by atoms with E-state index in [1.54, 1.807) is 11.3 Å². The summed E-state index contributed by atoms with van der Waals surface area (Å²) in [6.45, 7) is 3.39. The van der Waals surface area contributed by atoms with E-state index in [0.29, 0.717) is 0 Å². The maximum absolute atomic E-state index is 12.1. The van der Waals surface area contributed by atoms with Gasteiger partial charge in [-0.15, -0.1) is 23.7 Å². The average Bonchev–Trinajstić information content (AvgIpc) is 2.96. The molecular weight excluding hydrogens is 356 g/mol. The summed E-state index contributed by atoms with van der Waals surface area (Å²) >= 11 is 1.70. The lowest BCUT2D eigenvalue weighted by atomic mass is 10.0. The van der Waals surface area contributed by atoms with Crippen molar-refractivity contribution in [1.82, 2.24) is 9.80 Å². The maximum atomic E-state index is 12.1. The minimum atomic E-state index is -0.760. The highest BCUT2D eigenvalue weighted by Crippen LogP contribution is 2.39. The van der Waals surface area contributed by atoms with Crippen molar-refractivity contribution in [2.45, 2.75) is 6.04 Å². The molecule has 25 heavy (non-hydrogen) atoms. The lowest BCUT2D eigenvalue weighted by Crippen LogP contribution is -2.47. The molecule has 2 aromatic carbocycles. The first-order chi connectivity index (χ1) is 11.6. The summed E-state index contributed by atoms with van der Waals surface area (Å²) in [6.07, 6.45) is 0. The molecule has 1 N–H and O–H groups in total. The Bertz CT molecular complexity index is 903. The molecule has 0 saturated carbocycles. The molecule has 4 rings (SSSR count). The predicted molar refractivity (Wildman–Crippen MR) is 106 cm³/mol. The van der Waals surface area contributed by atoms with Crippen molar-refractivity contribution in [3.63, 3.8) is 0 Å². The molecule has 4 nitrogen and oxygen atoms in total. The van der Waals surface area contributed by atoms with E-state index in [2.05, 4.69) is 35.0 Å². The molecule has 1 saturated heterocycles. The van der Waals surface area contributed by atoms with Crippen molar-refractivity contribution < 1.29 is 9.90 Å². The van der Waals surface area contributed by atoms with Gasteiger partial charge in [0.15, 0.2) is 0 Å². The van der Waals surface area contributed by atoms with Crippen LogP contribution in [0.2, 0.25) is 0 Å². The summed E-state index contributed by atoms with van der Waals surface area (Å²) in [7, 11) is 2.08. The standard InChI is InChI=1S/C19H20N2O2S.ClH/c1-20-9-11-21(12-10-20)17(19(22)23)15-7-4-6-14-13-5-2-3-8-16(13)24-18(14)15;/h2-8,17H,9-12H2,1H3,(H,22,23);1H. The van der Waals surface area contributed by atoms with E-state index in [0.717, 1.165) is 41.8 Å². The molecule has 132 valence electrons. The second-order valence-corrected chi connectivity index (χ2v) is 7.45. The number of carboxylic acids is 1. The highest BCUT2D eigenvalue weighted by molar-refractivity contribution is 7.26. The lowest BCUT2D eigenvalue weighted by Gasteiger charge is -2.36. The van der Waals surface area contributed by atoms with Gasteiger partial charge in [0.05, 0.1) is 0 Å². The molecule has 0 spiro atoms. The molecule has 1 aromatic heterocycles. The van der Waals surface area contributed by atoms with Crippen LogP contribution >= 0.6 is 23.7 Å². The SMILES string of the molecule is CN1CCN(C(C(=O)O)c2cccc3c2sc2ccccc23)CC1.Cl. The van der Waals surface area contributed by atoms with Crippen LogP contribution in [0, 0.1) is 0 Å². The van der Waals surface area contributed by atoms with Gasteiger partial charge in [-0.1, -0.05) is 36.4 Å². The van der Waals surface area contributed by atoms with Gasteiger partial charge in [-0.05, 0) is 18.7 Å². The summed E-state index contributed by atoms with van der Waals surface area (Å²) in [4.78, 5) is 16.4. The molecule has 1 atom stereocenters.